The maximum absolute atomic E-state index is 14.6. The zero-order chi connectivity index (χ0) is 17.8. The van der Waals surface area contributed by atoms with Gasteiger partial charge in [0.25, 0.3) is 0 Å². The Morgan fingerprint density at radius 2 is 2.00 bits per heavy atom. The summed E-state index contributed by atoms with van der Waals surface area (Å²) in [6.07, 6.45) is 1.63. The number of aromatic nitrogens is 1. The summed E-state index contributed by atoms with van der Waals surface area (Å²) in [5.74, 6) is 0.304. The van der Waals surface area contributed by atoms with E-state index in [-0.39, 0.29) is 11.9 Å². The second-order valence-corrected chi connectivity index (χ2v) is 6.38. The Kier molecular flexibility index (Phi) is 5.15. The second-order valence-electron chi connectivity index (χ2n) is 6.38. The lowest BCUT2D eigenvalue weighted by molar-refractivity contribution is 0.311. The van der Waals surface area contributed by atoms with Gasteiger partial charge in [0.15, 0.2) is 0 Å². The number of benzene rings is 1. The number of hydrogen-bond donors (Lipinski definition) is 1. The maximum atomic E-state index is 14.6. The molecule has 0 radical (unpaired) electrons. The van der Waals surface area contributed by atoms with Gasteiger partial charge in [-0.25, -0.2) is 9.37 Å². The minimum atomic E-state index is -0.211. The van der Waals surface area contributed by atoms with E-state index < -0.39 is 0 Å². The molecule has 3 rings (SSSR count). The van der Waals surface area contributed by atoms with E-state index in [0.29, 0.717) is 17.1 Å². The Morgan fingerprint density at radius 1 is 1.24 bits per heavy atom. The lowest BCUT2D eigenvalue weighted by atomic mass is 10.1. The summed E-state index contributed by atoms with van der Waals surface area (Å²) in [6, 6.07) is 10.7. The van der Waals surface area contributed by atoms with Crippen molar-refractivity contribution in [2.24, 2.45) is 0 Å². The average Bonchev–Trinajstić information content (AvgIpc) is 2.63. The number of nitrogens with zero attached hydrogens (tertiary/aromatic N) is 4. The molecule has 1 N–H and O–H groups in total. The summed E-state index contributed by atoms with van der Waals surface area (Å²) >= 11 is 0. The molecule has 1 unspecified atom stereocenters. The van der Waals surface area contributed by atoms with Crippen molar-refractivity contribution in [1.29, 1.82) is 5.26 Å². The Labute approximate surface area is 147 Å². The van der Waals surface area contributed by atoms with Crippen LogP contribution < -0.4 is 10.2 Å². The first-order chi connectivity index (χ1) is 12.1. The molecule has 2 heterocycles. The molecule has 25 heavy (non-hydrogen) atoms. The highest BCUT2D eigenvalue weighted by atomic mass is 19.1. The third-order valence-corrected chi connectivity index (χ3v) is 4.60. The lowest BCUT2D eigenvalue weighted by Crippen LogP contribution is -2.44. The first-order valence-corrected chi connectivity index (χ1v) is 8.43. The zero-order valence-electron chi connectivity index (χ0n) is 14.5. The van der Waals surface area contributed by atoms with Crippen LogP contribution in [0.4, 0.5) is 15.9 Å². The van der Waals surface area contributed by atoms with Crippen molar-refractivity contribution in [3.8, 4) is 6.07 Å². The summed E-state index contributed by atoms with van der Waals surface area (Å²) in [5.41, 5.74) is 1.95. The highest BCUT2D eigenvalue weighted by Crippen LogP contribution is 2.26. The smallest absolute Gasteiger partial charge is 0.146 e. The number of nitrogens with one attached hydrogen (secondary N) is 1. The normalized spacial score (nSPS) is 16.3. The molecular weight excluding hydrogens is 317 g/mol. The molecule has 1 aliphatic rings. The largest absolute Gasteiger partial charge is 0.367 e. The molecule has 2 aromatic rings. The minimum Gasteiger partial charge on any atom is -0.367 e. The number of hydrogen-bond acceptors (Lipinski definition) is 5. The van der Waals surface area contributed by atoms with Crippen LogP contribution in [0, 0.1) is 17.1 Å². The molecule has 1 aromatic carbocycles. The van der Waals surface area contributed by atoms with E-state index in [4.69, 9.17) is 5.26 Å². The van der Waals surface area contributed by atoms with Crippen LogP contribution in [0.5, 0.6) is 0 Å². The van der Waals surface area contributed by atoms with Gasteiger partial charge in [0, 0.05) is 32.4 Å². The van der Waals surface area contributed by atoms with Crippen molar-refractivity contribution in [3.05, 3.63) is 53.5 Å². The van der Waals surface area contributed by atoms with Gasteiger partial charge in [0.1, 0.15) is 17.7 Å². The number of likely N-dealkylation sites (N-methyl/N-ethyl adjacent to an activating group) is 1. The van der Waals surface area contributed by atoms with E-state index in [9.17, 15) is 4.39 Å². The lowest BCUT2D eigenvalue weighted by Gasteiger charge is -2.34. The van der Waals surface area contributed by atoms with Gasteiger partial charge in [0.2, 0.25) is 0 Å². The van der Waals surface area contributed by atoms with Crippen LogP contribution in [-0.2, 0) is 0 Å². The number of pyridine rings is 1. The summed E-state index contributed by atoms with van der Waals surface area (Å²) in [5, 5.41) is 12.3. The third kappa shape index (κ3) is 3.89. The van der Waals surface area contributed by atoms with Crippen LogP contribution in [-0.4, -0.2) is 43.1 Å². The zero-order valence-corrected chi connectivity index (χ0v) is 14.5. The van der Waals surface area contributed by atoms with Gasteiger partial charge in [-0.05, 0) is 43.8 Å². The Morgan fingerprint density at radius 3 is 2.68 bits per heavy atom. The van der Waals surface area contributed by atoms with Gasteiger partial charge < -0.3 is 15.1 Å². The predicted octanol–water partition coefficient (Wildman–Crippen LogP) is 3.02. The molecule has 1 atom stereocenters. The van der Waals surface area contributed by atoms with E-state index in [2.05, 4.69) is 33.2 Å². The fraction of sp³-hybridized carbons (Fsp3) is 0.368. The molecule has 0 amide bonds. The molecule has 1 aromatic heterocycles. The number of piperazine rings is 1. The first kappa shape index (κ1) is 17.2. The van der Waals surface area contributed by atoms with Gasteiger partial charge >= 0.3 is 0 Å². The monoisotopic (exact) mass is 339 g/mol. The van der Waals surface area contributed by atoms with Crippen molar-refractivity contribution in [2.45, 2.75) is 13.0 Å². The summed E-state index contributed by atoms with van der Waals surface area (Å²) in [4.78, 5) is 8.53. The molecule has 6 heteroatoms. The fourth-order valence-corrected chi connectivity index (χ4v) is 3.00. The molecule has 130 valence electrons. The van der Waals surface area contributed by atoms with Crippen LogP contribution in [0.1, 0.15) is 24.1 Å². The van der Waals surface area contributed by atoms with Crippen LogP contribution >= 0.6 is 0 Å². The molecular formula is C19H22FN5. The summed E-state index contributed by atoms with van der Waals surface area (Å²) in [7, 11) is 2.08. The van der Waals surface area contributed by atoms with E-state index in [0.717, 1.165) is 31.7 Å². The van der Waals surface area contributed by atoms with Crippen LogP contribution in [0.25, 0.3) is 0 Å². The third-order valence-electron chi connectivity index (χ3n) is 4.60. The van der Waals surface area contributed by atoms with Crippen LogP contribution in [0.3, 0.4) is 0 Å². The molecule has 0 saturated carbocycles. The number of anilines is 2. The SMILES string of the molecule is CC(Nc1ncccc1C#N)c1ccc(N2CCN(C)CC2)c(F)c1. The van der Waals surface area contributed by atoms with E-state index in [1.807, 2.05) is 19.1 Å². The number of rotatable bonds is 4. The quantitative estimate of drug-likeness (QED) is 0.928. The molecule has 1 saturated heterocycles. The number of halogens is 1. The molecule has 1 aliphatic heterocycles. The van der Waals surface area contributed by atoms with Gasteiger partial charge in [0.05, 0.1) is 17.3 Å². The van der Waals surface area contributed by atoms with Crippen LogP contribution in [0.15, 0.2) is 36.5 Å². The van der Waals surface area contributed by atoms with Crippen molar-refractivity contribution >= 4 is 11.5 Å². The van der Waals surface area contributed by atoms with E-state index in [1.54, 1.807) is 24.4 Å². The molecule has 0 aliphatic carbocycles. The maximum Gasteiger partial charge on any atom is 0.146 e. The summed E-state index contributed by atoms with van der Waals surface area (Å²) in [6.45, 7) is 5.48. The highest BCUT2D eigenvalue weighted by Gasteiger charge is 2.18. The second kappa shape index (κ2) is 7.49. The van der Waals surface area contributed by atoms with E-state index >= 15 is 0 Å². The molecule has 1 fully saturated rings. The Hall–Kier alpha value is -2.65. The van der Waals surface area contributed by atoms with Crippen molar-refractivity contribution in [3.63, 3.8) is 0 Å². The standard InChI is InChI=1S/C19H22FN5/c1-14(23-19-16(13-21)4-3-7-22-19)15-5-6-18(17(20)12-15)25-10-8-24(2)9-11-25/h3-7,12,14H,8-11H2,1-2H3,(H,22,23). The van der Waals surface area contributed by atoms with Crippen molar-refractivity contribution in [2.75, 3.05) is 43.4 Å². The summed E-state index contributed by atoms with van der Waals surface area (Å²) < 4.78 is 14.6. The average molecular weight is 339 g/mol. The Balaban J connectivity index is 1.75. The van der Waals surface area contributed by atoms with Gasteiger partial charge in [-0.15, -0.1) is 0 Å². The topological polar surface area (TPSA) is 55.2 Å². The molecule has 5 nitrogen and oxygen atoms in total. The molecule has 0 bridgehead atoms. The first-order valence-electron chi connectivity index (χ1n) is 8.43. The fourth-order valence-electron chi connectivity index (χ4n) is 3.00. The predicted molar refractivity (Wildman–Crippen MR) is 97.1 cm³/mol. The van der Waals surface area contributed by atoms with Crippen molar-refractivity contribution < 1.29 is 4.39 Å². The Bertz CT molecular complexity index is 778. The molecule has 0 spiro atoms. The van der Waals surface area contributed by atoms with E-state index in [1.165, 1.54) is 0 Å². The number of nitriles is 1. The minimum absolute atomic E-state index is 0.155. The van der Waals surface area contributed by atoms with Crippen molar-refractivity contribution in [1.82, 2.24) is 9.88 Å². The van der Waals surface area contributed by atoms with Gasteiger partial charge in [-0.2, -0.15) is 5.26 Å². The van der Waals surface area contributed by atoms with Gasteiger partial charge in [-0.3, -0.25) is 0 Å². The van der Waals surface area contributed by atoms with Crippen LogP contribution in [0.2, 0.25) is 0 Å². The highest BCUT2D eigenvalue weighted by molar-refractivity contribution is 5.54. The van der Waals surface area contributed by atoms with Gasteiger partial charge in [-0.1, -0.05) is 6.07 Å².